The number of nitrogens with zero attached hydrogens (tertiary/aromatic N) is 1. The van der Waals surface area contributed by atoms with E-state index in [1.165, 1.54) is 6.42 Å². The Morgan fingerprint density at radius 2 is 2.00 bits per heavy atom. The lowest BCUT2D eigenvalue weighted by Crippen LogP contribution is -2.22. The van der Waals surface area contributed by atoms with E-state index in [-0.39, 0.29) is 0 Å². The van der Waals surface area contributed by atoms with Gasteiger partial charge in [0.2, 0.25) is 0 Å². The molecule has 0 bridgehead atoms. The Morgan fingerprint density at radius 3 is 2.75 bits per heavy atom. The fourth-order valence-corrected chi connectivity index (χ4v) is 3.58. The number of benzene rings is 1. The Morgan fingerprint density at radius 1 is 1.17 bits per heavy atom. The van der Waals surface area contributed by atoms with Crippen molar-refractivity contribution >= 4 is 0 Å². The SMILES string of the molecule is COc1cc2c(cc1CN1CCC[C@@H]1c1ccco1)OCCCO2. The molecule has 1 fully saturated rings. The van der Waals surface area contributed by atoms with Crippen molar-refractivity contribution in [3.05, 3.63) is 41.9 Å². The minimum atomic E-state index is 0.334. The number of methoxy groups -OCH3 is 1. The molecule has 2 aromatic rings. The average molecular weight is 329 g/mol. The van der Waals surface area contributed by atoms with E-state index in [2.05, 4.69) is 17.0 Å². The number of rotatable bonds is 4. The number of likely N-dealkylation sites (tertiary alicyclic amines) is 1. The predicted molar refractivity (Wildman–Crippen MR) is 89.7 cm³/mol. The summed E-state index contributed by atoms with van der Waals surface area (Å²) in [5.74, 6) is 3.49. The van der Waals surface area contributed by atoms with Crippen molar-refractivity contribution in [2.24, 2.45) is 0 Å². The summed E-state index contributed by atoms with van der Waals surface area (Å²) in [6.07, 6.45) is 4.96. The van der Waals surface area contributed by atoms with Crippen LogP contribution in [-0.4, -0.2) is 31.8 Å². The molecule has 5 nitrogen and oxygen atoms in total. The molecule has 0 saturated carbocycles. The van der Waals surface area contributed by atoms with Crippen LogP contribution < -0.4 is 14.2 Å². The second kappa shape index (κ2) is 6.77. The van der Waals surface area contributed by atoms with Gasteiger partial charge in [-0.2, -0.15) is 0 Å². The third-order valence-electron chi connectivity index (χ3n) is 4.76. The second-order valence-corrected chi connectivity index (χ2v) is 6.31. The van der Waals surface area contributed by atoms with E-state index in [1.807, 2.05) is 12.1 Å². The van der Waals surface area contributed by atoms with Crippen molar-refractivity contribution in [2.75, 3.05) is 26.9 Å². The van der Waals surface area contributed by atoms with Crippen LogP contribution in [0.3, 0.4) is 0 Å². The first-order chi connectivity index (χ1) is 11.8. The topological polar surface area (TPSA) is 44.1 Å². The zero-order valence-electron chi connectivity index (χ0n) is 14.0. The molecular formula is C19H23NO4. The molecule has 5 heteroatoms. The lowest BCUT2D eigenvalue weighted by atomic mass is 10.1. The molecule has 2 aliphatic heterocycles. The molecule has 0 amide bonds. The first kappa shape index (κ1) is 15.4. The van der Waals surface area contributed by atoms with E-state index < -0.39 is 0 Å². The number of hydrogen-bond donors (Lipinski definition) is 0. The van der Waals surface area contributed by atoms with Gasteiger partial charge in [0.25, 0.3) is 0 Å². The molecule has 4 rings (SSSR count). The van der Waals surface area contributed by atoms with Crippen molar-refractivity contribution in [1.82, 2.24) is 4.90 Å². The Bertz CT molecular complexity index is 683. The normalized spacial score (nSPS) is 20.8. The van der Waals surface area contributed by atoms with Crippen LogP contribution in [-0.2, 0) is 6.54 Å². The molecule has 2 aliphatic rings. The summed E-state index contributed by atoms with van der Waals surface area (Å²) in [5, 5.41) is 0. The van der Waals surface area contributed by atoms with E-state index in [4.69, 9.17) is 18.6 Å². The fourth-order valence-electron chi connectivity index (χ4n) is 3.58. The van der Waals surface area contributed by atoms with Gasteiger partial charge in [0.1, 0.15) is 11.5 Å². The summed E-state index contributed by atoms with van der Waals surface area (Å²) in [6, 6.07) is 8.37. The van der Waals surface area contributed by atoms with Gasteiger partial charge in [-0.3, -0.25) is 4.90 Å². The maximum atomic E-state index is 5.83. The minimum Gasteiger partial charge on any atom is -0.496 e. The number of hydrogen-bond acceptors (Lipinski definition) is 5. The molecule has 1 atom stereocenters. The minimum absolute atomic E-state index is 0.334. The second-order valence-electron chi connectivity index (χ2n) is 6.31. The maximum Gasteiger partial charge on any atom is 0.164 e. The molecule has 0 N–H and O–H groups in total. The summed E-state index contributed by atoms with van der Waals surface area (Å²) < 4.78 is 22.8. The highest BCUT2D eigenvalue weighted by atomic mass is 16.5. The summed E-state index contributed by atoms with van der Waals surface area (Å²) in [4.78, 5) is 2.45. The highest BCUT2D eigenvalue weighted by molar-refractivity contribution is 5.51. The zero-order chi connectivity index (χ0) is 16.4. The van der Waals surface area contributed by atoms with Crippen LogP contribution in [0, 0.1) is 0 Å². The van der Waals surface area contributed by atoms with Gasteiger partial charge >= 0.3 is 0 Å². The highest BCUT2D eigenvalue weighted by Crippen LogP contribution is 2.39. The maximum absolute atomic E-state index is 5.83. The lowest BCUT2D eigenvalue weighted by molar-refractivity contribution is 0.217. The van der Waals surface area contributed by atoms with Gasteiger partial charge in [-0.25, -0.2) is 0 Å². The molecule has 0 spiro atoms. The summed E-state index contributed by atoms with van der Waals surface area (Å²) in [5.41, 5.74) is 1.13. The molecule has 24 heavy (non-hydrogen) atoms. The van der Waals surface area contributed by atoms with Gasteiger partial charge in [0.05, 0.1) is 32.6 Å². The van der Waals surface area contributed by atoms with E-state index in [9.17, 15) is 0 Å². The first-order valence-corrected chi connectivity index (χ1v) is 8.59. The molecule has 3 heterocycles. The number of ether oxygens (including phenoxy) is 3. The van der Waals surface area contributed by atoms with E-state index in [1.54, 1.807) is 13.4 Å². The van der Waals surface area contributed by atoms with Gasteiger partial charge in [-0.1, -0.05) is 0 Å². The molecular weight excluding hydrogens is 306 g/mol. The first-order valence-electron chi connectivity index (χ1n) is 8.59. The van der Waals surface area contributed by atoms with E-state index in [0.717, 1.165) is 54.5 Å². The van der Waals surface area contributed by atoms with Gasteiger partial charge in [-0.05, 0) is 37.6 Å². The molecule has 1 aromatic carbocycles. The van der Waals surface area contributed by atoms with Gasteiger partial charge in [-0.15, -0.1) is 0 Å². The van der Waals surface area contributed by atoms with Crippen molar-refractivity contribution in [3.63, 3.8) is 0 Å². The Hall–Kier alpha value is -2.14. The van der Waals surface area contributed by atoms with E-state index >= 15 is 0 Å². The molecule has 0 unspecified atom stereocenters. The molecule has 1 aromatic heterocycles. The predicted octanol–water partition coefficient (Wildman–Crippen LogP) is 3.79. The van der Waals surface area contributed by atoms with Crippen LogP contribution in [0.25, 0.3) is 0 Å². The highest BCUT2D eigenvalue weighted by Gasteiger charge is 2.29. The van der Waals surface area contributed by atoms with Crippen molar-refractivity contribution < 1.29 is 18.6 Å². The smallest absolute Gasteiger partial charge is 0.164 e. The summed E-state index contributed by atoms with van der Waals surface area (Å²) in [7, 11) is 1.71. The number of fused-ring (bicyclic) bond motifs is 1. The zero-order valence-corrected chi connectivity index (χ0v) is 14.0. The quantitative estimate of drug-likeness (QED) is 0.854. The fraction of sp³-hybridized carbons (Fsp3) is 0.474. The van der Waals surface area contributed by atoms with Crippen LogP contribution >= 0.6 is 0 Å². The molecule has 128 valence electrons. The van der Waals surface area contributed by atoms with Crippen LogP contribution in [0.15, 0.2) is 34.9 Å². The van der Waals surface area contributed by atoms with E-state index in [0.29, 0.717) is 19.3 Å². The third kappa shape index (κ3) is 2.96. The Kier molecular flexibility index (Phi) is 4.34. The Balaban J connectivity index is 1.60. The van der Waals surface area contributed by atoms with Gasteiger partial charge in [0.15, 0.2) is 11.5 Å². The summed E-state index contributed by atoms with van der Waals surface area (Å²) in [6.45, 7) is 3.24. The molecule has 1 saturated heterocycles. The average Bonchev–Trinajstić information content (AvgIpc) is 3.22. The number of furan rings is 1. The molecule has 0 aliphatic carbocycles. The molecule has 0 radical (unpaired) electrons. The van der Waals surface area contributed by atoms with Crippen LogP contribution in [0.5, 0.6) is 17.2 Å². The monoisotopic (exact) mass is 329 g/mol. The van der Waals surface area contributed by atoms with Crippen molar-refractivity contribution in [2.45, 2.75) is 31.8 Å². The lowest BCUT2D eigenvalue weighted by Gasteiger charge is -2.24. The van der Waals surface area contributed by atoms with Crippen molar-refractivity contribution in [1.29, 1.82) is 0 Å². The van der Waals surface area contributed by atoms with Crippen molar-refractivity contribution in [3.8, 4) is 17.2 Å². The standard InChI is InChI=1S/C19H23NO4/c1-21-17-12-19-18(23-9-4-10-24-19)11-14(17)13-20-7-2-5-15(20)16-6-3-8-22-16/h3,6,8,11-12,15H,2,4-5,7,9-10,13H2,1H3/t15-/m1/s1. The van der Waals surface area contributed by atoms with Crippen LogP contribution in [0.2, 0.25) is 0 Å². The van der Waals surface area contributed by atoms with Gasteiger partial charge < -0.3 is 18.6 Å². The third-order valence-corrected chi connectivity index (χ3v) is 4.76. The van der Waals surface area contributed by atoms with Crippen LogP contribution in [0.4, 0.5) is 0 Å². The van der Waals surface area contributed by atoms with Crippen LogP contribution in [0.1, 0.15) is 36.6 Å². The Labute approximate surface area is 142 Å². The largest absolute Gasteiger partial charge is 0.496 e. The van der Waals surface area contributed by atoms with Gasteiger partial charge in [0, 0.05) is 24.6 Å². The summed E-state index contributed by atoms with van der Waals surface area (Å²) >= 11 is 0.